The predicted octanol–water partition coefficient (Wildman–Crippen LogP) is 2.40. The number of thioether (sulfide) groups is 1. The third kappa shape index (κ3) is 3.84. The lowest BCUT2D eigenvalue weighted by atomic mass is 10.1. The van der Waals surface area contributed by atoms with Crippen molar-refractivity contribution in [3.05, 3.63) is 28.7 Å². The summed E-state index contributed by atoms with van der Waals surface area (Å²) in [7, 11) is 3.57. The van der Waals surface area contributed by atoms with Crippen molar-refractivity contribution in [3.63, 3.8) is 0 Å². The number of nitrogens with zero attached hydrogens (tertiary/aromatic N) is 2. The number of hydrogen-bond donors (Lipinski definition) is 1. The molecule has 1 N–H and O–H groups in total. The maximum absolute atomic E-state index is 12.7. The SMILES string of the molecule is COc1cc(C2SCC(CN(C)CC3CCCO3)[N+]2=O)ccc1O. The number of nitroso groups, excluding NO2 is 1. The Bertz CT molecular complexity index is 592. The summed E-state index contributed by atoms with van der Waals surface area (Å²) in [4.78, 5) is 14.9. The molecular weight excluding hydrogens is 328 g/mol. The van der Waals surface area contributed by atoms with E-state index in [2.05, 4.69) is 11.9 Å². The van der Waals surface area contributed by atoms with Gasteiger partial charge in [-0.1, -0.05) is 11.8 Å². The molecule has 0 amide bonds. The molecule has 0 radical (unpaired) electrons. The van der Waals surface area contributed by atoms with Crippen molar-refractivity contribution in [1.82, 2.24) is 4.90 Å². The van der Waals surface area contributed by atoms with Crippen LogP contribution in [0.25, 0.3) is 0 Å². The quantitative estimate of drug-likeness (QED) is 0.793. The number of hydrogen-bond acceptors (Lipinski definition) is 6. The molecule has 2 fully saturated rings. The van der Waals surface area contributed by atoms with Gasteiger partial charge in [0.1, 0.15) is 0 Å². The normalized spacial score (nSPS) is 27.1. The van der Waals surface area contributed by atoms with Crippen molar-refractivity contribution < 1.29 is 19.3 Å². The third-order valence-electron chi connectivity index (χ3n) is 4.59. The van der Waals surface area contributed by atoms with Gasteiger partial charge >= 0.3 is 0 Å². The van der Waals surface area contributed by atoms with E-state index < -0.39 is 0 Å². The molecule has 2 aliphatic rings. The minimum Gasteiger partial charge on any atom is -0.504 e. The van der Waals surface area contributed by atoms with Gasteiger partial charge in [0.2, 0.25) is 6.04 Å². The minimum atomic E-state index is -0.249. The number of likely N-dealkylation sites (N-methyl/N-ethyl adjacent to an activating group) is 1. The Morgan fingerprint density at radius 2 is 2.29 bits per heavy atom. The summed E-state index contributed by atoms with van der Waals surface area (Å²) in [6.07, 6.45) is 2.55. The molecule has 2 heterocycles. The van der Waals surface area contributed by atoms with Crippen LogP contribution in [-0.4, -0.2) is 66.5 Å². The van der Waals surface area contributed by atoms with Gasteiger partial charge in [0.05, 0.1) is 25.5 Å². The van der Waals surface area contributed by atoms with E-state index in [1.165, 1.54) is 11.9 Å². The zero-order valence-corrected chi connectivity index (χ0v) is 15.0. The molecule has 0 aromatic heterocycles. The van der Waals surface area contributed by atoms with Crippen LogP contribution >= 0.6 is 11.8 Å². The number of methoxy groups -OCH3 is 1. The first kappa shape index (κ1) is 17.5. The van der Waals surface area contributed by atoms with E-state index in [9.17, 15) is 10.0 Å². The Morgan fingerprint density at radius 3 is 3.00 bits per heavy atom. The molecule has 3 rings (SSSR count). The van der Waals surface area contributed by atoms with Crippen LogP contribution in [0.5, 0.6) is 11.5 Å². The van der Waals surface area contributed by atoms with Crippen LogP contribution in [0.3, 0.4) is 0 Å². The second-order valence-electron chi connectivity index (χ2n) is 6.49. The Morgan fingerprint density at radius 1 is 1.46 bits per heavy atom. The van der Waals surface area contributed by atoms with E-state index in [0.29, 0.717) is 11.9 Å². The van der Waals surface area contributed by atoms with Crippen molar-refractivity contribution in [1.29, 1.82) is 0 Å². The Kier molecular flexibility index (Phi) is 5.63. The smallest absolute Gasteiger partial charge is 0.272 e. The van der Waals surface area contributed by atoms with E-state index in [1.807, 2.05) is 0 Å². The number of phenols is 1. The highest BCUT2D eigenvalue weighted by Gasteiger charge is 2.44. The Hall–Kier alpha value is -1.31. The van der Waals surface area contributed by atoms with E-state index in [0.717, 1.165) is 43.9 Å². The van der Waals surface area contributed by atoms with Crippen molar-refractivity contribution in [2.45, 2.75) is 30.4 Å². The highest BCUT2D eigenvalue weighted by Crippen LogP contribution is 2.40. The summed E-state index contributed by atoms with van der Waals surface area (Å²) in [6.45, 7) is 2.48. The highest BCUT2D eigenvalue weighted by atomic mass is 32.2. The molecule has 2 saturated heterocycles. The van der Waals surface area contributed by atoms with Gasteiger partial charge in [-0.3, -0.25) is 4.90 Å². The second-order valence-corrected chi connectivity index (χ2v) is 7.60. The maximum Gasteiger partial charge on any atom is 0.272 e. The van der Waals surface area contributed by atoms with Gasteiger partial charge in [0.25, 0.3) is 5.37 Å². The van der Waals surface area contributed by atoms with Crippen molar-refractivity contribution >= 4 is 11.8 Å². The zero-order valence-electron chi connectivity index (χ0n) is 14.2. The highest BCUT2D eigenvalue weighted by molar-refractivity contribution is 7.99. The van der Waals surface area contributed by atoms with Crippen LogP contribution in [0, 0.1) is 4.91 Å². The second kappa shape index (κ2) is 7.72. The molecule has 7 heteroatoms. The summed E-state index contributed by atoms with van der Waals surface area (Å²) < 4.78 is 12.0. The van der Waals surface area contributed by atoms with Gasteiger partial charge in [-0.05, 0) is 38.1 Å². The van der Waals surface area contributed by atoms with Crippen molar-refractivity contribution in [3.8, 4) is 11.5 Å². The molecular formula is C17H25N2O4S+. The van der Waals surface area contributed by atoms with Crippen LogP contribution in [0.15, 0.2) is 18.2 Å². The fraction of sp³-hybridized carbons (Fsp3) is 0.647. The third-order valence-corrected chi connectivity index (χ3v) is 5.96. The van der Waals surface area contributed by atoms with Gasteiger partial charge < -0.3 is 14.6 Å². The molecule has 3 atom stereocenters. The first-order chi connectivity index (χ1) is 11.6. The number of ether oxygens (including phenoxy) is 2. The lowest BCUT2D eigenvalue weighted by Gasteiger charge is -2.20. The van der Waals surface area contributed by atoms with Crippen LogP contribution in [0.1, 0.15) is 23.8 Å². The first-order valence-corrected chi connectivity index (χ1v) is 9.37. The molecule has 24 heavy (non-hydrogen) atoms. The first-order valence-electron chi connectivity index (χ1n) is 8.32. The monoisotopic (exact) mass is 353 g/mol. The molecule has 0 aliphatic carbocycles. The van der Waals surface area contributed by atoms with Gasteiger partial charge in [-0.25, -0.2) is 0 Å². The van der Waals surface area contributed by atoms with E-state index in [-0.39, 0.29) is 17.2 Å². The van der Waals surface area contributed by atoms with Gasteiger partial charge in [0.15, 0.2) is 11.5 Å². The summed E-state index contributed by atoms with van der Waals surface area (Å²) in [5.41, 5.74) is 0.869. The number of phenolic OH excluding ortho intramolecular Hbond substituents is 1. The molecule has 0 bridgehead atoms. The molecule has 2 aliphatic heterocycles. The number of rotatable bonds is 6. The maximum atomic E-state index is 12.7. The topological polar surface area (TPSA) is 62.0 Å². The van der Waals surface area contributed by atoms with Crippen LogP contribution in [-0.2, 0) is 4.74 Å². The van der Waals surface area contributed by atoms with Crippen molar-refractivity contribution in [2.75, 3.05) is 39.6 Å². The minimum absolute atomic E-state index is 0.0359. The summed E-state index contributed by atoms with van der Waals surface area (Å²) in [6, 6.07) is 5.08. The average Bonchev–Trinajstić information content (AvgIpc) is 3.19. The van der Waals surface area contributed by atoms with E-state index >= 15 is 0 Å². The standard InChI is InChI=1S/C17H24N2O4S/c1-18(10-14-4-3-7-23-14)9-13-11-24-17(19(13)21)12-5-6-15(20)16(8-12)22-2/h5-6,8,13-14,17H,3-4,7,9-11H2,1-2H3/p+1. The predicted molar refractivity (Wildman–Crippen MR) is 93.7 cm³/mol. The average molecular weight is 353 g/mol. The molecule has 1 aromatic rings. The molecule has 1 aromatic carbocycles. The van der Waals surface area contributed by atoms with E-state index in [1.54, 1.807) is 30.0 Å². The molecule has 0 saturated carbocycles. The lowest BCUT2D eigenvalue weighted by Crippen LogP contribution is -2.38. The molecule has 6 nitrogen and oxygen atoms in total. The Labute approximate surface area is 146 Å². The largest absolute Gasteiger partial charge is 0.504 e. The molecule has 3 unspecified atom stereocenters. The van der Waals surface area contributed by atoms with Gasteiger partial charge in [-0.2, -0.15) is 0 Å². The molecule has 132 valence electrons. The molecule has 0 spiro atoms. The summed E-state index contributed by atoms with van der Waals surface area (Å²) >= 11 is 1.64. The van der Waals surface area contributed by atoms with Crippen molar-refractivity contribution in [2.24, 2.45) is 0 Å². The zero-order chi connectivity index (χ0) is 17.1. The summed E-state index contributed by atoms with van der Waals surface area (Å²) in [5, 5.41) is 9.46. The lowest BCUT2D eigenvalue weighted by molar-refractivity contribution is -0.592. The van der Waals surface area contributed by atoms with Crippen LogP contribution in [0.4, 0.5) is 0 Å². The Balaban J connectivity index is 1.60. The number of benzene rings is 1. The van der Waals surface area contributed by atoms with Crippen LogP contribution in [0.2, 0.25) is 0 Å². The fourth-order valence-corrected chi connectivity index (χ4v) is 4.65. The fourth-order valence-electron chi connectivity index (χ4n) is 3.34. The van der Waals surface area contributed by atoms with Crippen LogP contribution < -0.4 is 4.74 Å². The summed E-state index contributed by atoms with van der Waals surface area (Å²) in [5.74, 6) is 1.29. The van der Waals surface area contributed by atoms with Gasteiger partial charge in [-0.15, -0.1) is 0 Å². The van der Waals surface area contributed by atoms with E-state index in [4.69, 9.17) is 9.47 Å². The number of aromatic hydroxyl groups is 1. The van der Waals surface area contributed by atoms with Gasteiger partial charge in [0, 0.05) is 28.4 Å².